The maximum atomic E-state index is 12.6. The summed E-state index contributed by atoms with van der Waals surface area (Å²) in [7, 11) is 3.55. The molecule has 1 unspecified atom stereocenters. The van der Waals surface area contributed by atoms with Gasteiger partial charge in [-0.1, -0.05) is 0 Å². The second kappa shape index (κ2) is 6.10. The molecule has 2 heterocycles. The van der Waals surface area contributed by atoms with Crippen molar-refractivity contribution in [3.05, 3.63) is 0 Å². The summed E-state index contributed by atoms with van der Waals surface area (Å²) in [5.41, 5.74) is -0.234. The highest BCUT2D eigenvalue weighted by molar-refractivity contribution is 5.83. The lowest BCUT2D eigenvalue weighted by atomic mass is 9.88. The second-order valence-electron chi connectivity index (χ2n) is 6.34. The third-order valence-corrected chi connectivity index (χ3v) is 4.40. The van der Waals surface area contributed by atoms with Crippen LogP contribution in [0.1, 0.15) is 13.3 Å². The van der Waals surface area contributed by atoms with Crippen LogP contribution in [0.2, 0.25) is 0 Å². The second-order valence-corrected chi connectivity index (χ2v) is 6.34. The van der Waals surface area contributed by atoms with Gasteiger partial charge in [-0.2, -0.15) is 0 Å². The Bertz CT molecular complexity index is 369. The van der Waals surface area contributed by atoms with Crippen LogP contribution < -0.4 is 5.32 Å². The van der Waals surface area contributed by atoms with Crippen molar-refractivity contribution in [2.24, 2.45) is 5.41 Å². The third kappa shape index (κ3) is 3.30. The molecular weight excluding hydrogens is 256 g/mol. The molecule has 0 aromatic rings. The van der Waals surface area contributed by atoms with Gasteiger partial charge in [-0.25, -0.2) is 0 Å². The van der Waals surface area contributed by atoms with Gasteiger partial charge in [0.15, 0.2) is 0 Å². The quantitative estimate of drug-likeness (QED) is 0.738. The molecule has 2 aliphatic heterocycles. The van der Waals surface area contributed by atoms with Crippen molar-refractivity contribution in [1.82, 2.24) is 20.0 Å². The molecule has 0 spiro atoms. The molecule has 0 saturated carbocycles. The monoisotopic (exact) mass is 282 g/mol. The van der Waals surface area contributed by atoms with Crippen LogP contribution >= 0.6 is 0 Å². The first kappa shape index (κ1) is 15.3. The Hall–Kier alpha value is -1.14. The van der Waals surface area contributed by atoms with E-state index in [2.05, 4.69) is 17.1 Å². The number of hydrogen-bond donors (Lipinski definition) is 1. The van der Waals surface area contributed by atoms with Gasteiger partial charge in [-0.05, 0) is 19.9 Å². The van der Waals surface area contributed by atoms with Crippen molar-refractivity contribution >= 4 is 11.8 Å². The Labute approximate surface area is 121 Å². The van der Waals surface area contributed by atoms with Crippen molar-refractivity contribution in [3.8, 4) is 0 Å². The molecule has 0 bridgehead atoms. The Morgan fingerprint density at radius 2 is 1.85 bits per heavy atom. The van der Waals surface area contributed by atoms with Gasteiger partial charge in [0, 0.05) is 46.8 Å². The summed E-state index contributed by atoms with van der Waals surface area (Å²) in [5.74, 6) is 0.387. The van der Waals surface area contributed by atoms with Crippen LogP contribution in [0.4, 0.5) is 0 Å². The fraction of sp³-hybridized carbons (Fsp3) is 0.857. The summed E-state index contributed by atoms with van der Waals surface area (Å²) in [4.78, 5) is 29.9. The number of piperazine rings is 1. The highest BCUT2D eigenvalue weighted by Crippen LogP contribution is 2.27. The summed E-state index contributed by atoms with van der Waals surface area (Å²) in [6.45, 7) is 7.25. The largest absolute Gasteiger partial charge is 0.348 e. The Morgan fingerprint density at radius 1 is 1.20 bits per heavy atom. The van der Waals surface area contributed by atoms with E-state index in [1.165, 1.54) is 0 Å². The maximum Gasteiger partial charge on any atom is 0.236 e. The predicted octanol–water partition coefficient (Wildman–Crippen LogP) is -0.782. The fourth-order valence-corrected chi connectivity index (χ4v) is 2.82. The minimum absolute atomic E-state index is 0.122. The zero-order valence-corrected chi connectivity index (χ0v) is 12.8. The molecule has 6 heteroatoms. The molecule has 114 valence electrons. The van der Waals surface area contributed by atoms with E-state index < -0.39 is 0 Å². The number of carbonyl (C=O) groups excluding carboxylic acids is 2. The molecule has 0 aromatic heterocycles. The highest BCUT2D eigenvalue weighted by atomic mass is 16.2. The van der Waals surface area contributed by atoms with Crippen molar-refractivity contribution in [2.75, 3.05) is 59.9 Å². The van der Waals surface area contributed by atoms with Gasteiger partial charge < -0.3 is 15.1 Å². The zero-order valence-electron chi connectivity index (χ0n) is 12.8. The summed E-state index contributed by atoms with van der Waals surface area (Å²) in [6, 6.07) is 0. The highest BCUT2D eigenvalue weighted by Gasteiger charge is 2.39. The molecule has 1 atom stereocenters. The SMILES string of the molecule is CN(C)C(=O)CN1CCN(C(=O)C2(C)CCNC2)CC1. The molecule has 0 aliphatic carbocycles. The normalized spacial score (nSPS) is 27.6. The van der Waals surface area contributed by atoms with E-state index in [4.69, 9.17) is 0 Å². The lowest BCUT2D eigenvalue weighted by Gasteiger charge is -2.38. The molecule has 6 nitrogen and oxygen atoms in total. The maximum absolute atomic E-state index is 12.6. The van der Waals surface area contributed by atoms with E-state index in [0.29, 0.717) is 6.54 Å². The van der Waals surface area contributed by atoms with Crippen LogP contribution in [-0.4, -0.2) is 86.4 Å². The van der Waals surface area contributed by atoms with Gasteiger partial charge in [-0.3, -0.25) is 14.5 Å². The van der Waals surface area contributed by atoms with Crippen LogP contribution in [-0.2, 0) is 9.59 Å². The lowest BCUT2D eigenvalue weighted by molar-refractivity contribution is -0.142. The van der Waals surface area contributed by atoms with Gasteiger partial charge in [0.25, 0.3) is 0 Å². The molecule has 20 heavy (non-hydrogen) atoms. The number of carbonyl (C=O) groups is 2. The molecule has 0 radical (unpaired) electrons. The Balaban J connectivity index is 1.82. The zero-order chi connectivity index (χ0) is 14.8. The summed E-state index contributed by atoms with van der Waals surface area (Å²) < 4.78 is 0. The van der Waals surface area contributed by atoms with Crippen molar-refractivity contribution in [2.45, 2.75) is 13.3 Å². The van der Waals surface area contributed by atoms with E-state index in [-0.39, 0.29) is 17.2 Å². The minimum atomic E-state index is -0.234. The molecular formula is C14H26N4O2. The number of nitrogens with zero attached hydrogens (tertiary/aromatic N) is 3. The summed E-state index contributed by atoms with van der Waals surface area (Å²) >= 11 is 0. The van der Waals surface area contributed by atoms with E-state index in [0.717, 1.165) is 45.7 Å². The Kier molecular flexibility index (Phi) is 4.65. The van der Waals surface area contributed by atoms with Gasteiger partial charge >= 0.3 is 0 Å². The average Bonchev–Trinajstić information content (AvgIpc) is 2.87. The minimum Gasteiger partial charge on any atom is -0.348 e. The van der Waals surface area contributed by atoms with E-state index in [1.807, 2.05) is 4.90 Å². The number of amides is 2. The molecule has 2 aliphatic rings. The van der Waals surface area contributed by atoms with Gasteiger partial charge in [0.1, 0.15) is 0 Å². The molecule has 2 saturated heterocycles. The average molecular weight is 282 g/mol. The third-order valence-electron chi connectivity index (χ3n) is 4.40. The van der Waals surface area contributed by atoms with Gasteiger partial charge in [0.05, 0.1) is 12.0 Å². The van der Waals surface area contributed by atoms with E-state index in [1.54, 1.807) is 19.0 Å². The van der Waals surface area contributed by atoms with E-state index >= 15 is 0 Å². The fourth-order valence-electron chi connectivity index (χ4n) is 2.82. The van der Waals surface area contributed by atoms with Crippen molar-refractivity contribution in [3.63, 3.8) is 0 Å². The summed E-state index contributed by atoms with van der Waals surface area (Å²) in [5, 5.41) is 3.27. The number of hydrogen-bond acceptors (Lipinski definition) is 4. The molecule has 1 N–H and O–H groups in total. The van der Waals surface area contributed by atoms with E-state index in [9.17, 15) is 9.59 Å². The van der Waals surface area contributed by atoms with Gasteiger partial charge in [0.2, 0.25) is 11.8 Å². The number of likely N-dealkylation sites (N-methyl/N-ethyl adjacent to an activating group) is 1. The smallest absolute Gasteiger partial charge is 0.236 e. The van der Waals surface area contributed by atoms with Crippen LogP contribution in [0.3, 0.4) is 0 Å². The van der Waals surface area contributed by atoms with Crippen LogP contribution in [0, 0.1) is 5.41 Å². The van der Waals surface area contributed by atoms with Gasteiger partial charge in [-0.15, -0.1) is 0 Å². The molecule has 0 aromatic carbocycles. The van der Waals surface area contributed by atoms with Crippen molar-refractivity contribution < 1.29 is 9.59 Å². The summed E-state index contributed by atoms with van der Waals surface area (Å²) in [6.07, 6.45) is 0.922. The molecule has 2 rings (SSSR count). The Morgan fingerprint density at radius 3 is 2.35 bits per heavy atom. The topological polar surface area (TPSA) is 55.9 Å². The lowest BCUT2D eigenvalue weighted by Crippen LogP contribution is -2.54. The van der Waals surface area contributed by atoms with Crippen LogP contribution in [0.5, 0.6) is 0 Å². The molecule has 2 fully saturated rings. The van der Waals surface area contributed by atoms with Crippen molar-refractivity contribution in [1.29, 1.82) is 0 Å². The van der Waals surface area contributed by atoms with Crippen LogP contribution in [0.15, 0.2) is 0 Å². The standard InChI is InChI=1S/C14H26N4O2/c1-14(4-5-15-11-14)13(20)18-8-6-17(7-9-18)10-12(19)16(2)3/h15H,4-11H2,1-3H3. The predicted molar refractivity (Wildman–Crippen MR) is 77.3 cm³/mol. The first-order chi connectivity index (χ1) is 9.42. The van der Waals surface area contributed by atoms with Crippen LogP contribution in [0.25, 0.3) is 0 Å². The first-order valence-electron chi connectivity index (χ1n) is 7.35. The first-order valence-corrected chi connectivity index (χ1v) is 7.35. The number of nitrogens with one attached hydrogen (secondary N) is 1. The number of rotatable bonds is 3. The molecule has 2 amide bonds.